The molecule has 7 nitrogen and oxygen atoms in total. The van der Waals surface area contributed by atoms with E-state index in [1.165, 1.54) is 12.1 Å². The Kier molecular flexibility index (Phi) is 8.22. The van der Waals surface area contributed by atoms with Crippen molar-refractivity contribution in [1.82, 2.24) is 20.4 Å². The van der Waals surface area contributed by atoms with Crippen molar-refractivity contribution in [3.63, 3.8) is 0 Å². The topological polar surface area (TPSA) is 81.8 Å². The van der Waals surface area contributed by atoms with Gasteiger partial charge in [0.2, 0.25) is 5.91 Å². The summed E-state index contributed by atoms with van der Waals surface area (Å²) in [5, 5.41) is 5.90. The fraction of sp³-hybridized carbons (Fsp3) is 0.500. The lowest BCUT2D eigenvalue weighted by Gasteiger charge is -2.33. The van der Waals surface area contributed by atoms with Gasteiger partial charge in [0.05, 0.1) is 11.4 Å². The number of imide groups is 1. The van der Waals surface area contributed by atoms with Gasteiger partial charge in [-0.2, -0.15) is 0 Å². The first-order chi connectivity index (χ1) is 14.8. The van der Waals surface area contributed by atoms with Gasteiger partial charge in [0, 0.05) is 43.8 Å². The second-order valence-corrected chi connectivity index (χ2v) is 9.07. The number of nitrogens with one attached hydrogen (secondary N) is 2. The lowest BCUT2D eigenvalue weighted by atomic mass is 10.0. The van der Waals surface area contributed by atoms with Crippen molar-refractivity contribution in [1.29, 1.82) is 0 Å². The number of thioether (sulfide) groups is 1. The molecule has 9 heteroatoms. The molecule has 0 atom stereocenters. The van der Waals surface area contributed by atoms with Crippen LogP contribution in [0.25, 0.3) is 6.08 Å². The average molecular weight is 449 g/mol. The molecule has 1 aromatic rings. The molecule has 2 aliphatic rings. The SMILES string of the molecule is CC(C)NC1CCN(CC(=O)NCCN2C(=O)S/C(=C\c3ccccc3F)C2=O)CC1. The minimum absolute atomic E-state index is 0.0887. The van der Waals surface area contributed by atoms with Crippen molar-refractivity contribution in [2.75, 3.05) is 32.7 Å². The third-order valence-electron chi connectivity index (χ3n) is 5.25. The van der Waals surface area contributed by atoms with Gasteiger partial charge in [-0.15, -0.1) is 0 Å². The smallest absolute Gasteiger partial charge is 0.293 e. The van der Waals surface area contributed by atoms with Gasteiger partial charge in [0.25, 0.3) is 11.1 Å². The molecule has 2 saturated heterocycles. The number of amides is 3. The Hall–Kier alpha value is -2.23. The van der Waals surface area contributed by atoms with E-state index in [1.807, 2.05) is 0 Å². The Bertz CT molecular complexity index is 853. The summed E-state index contributed by atoms with van der Waals surface area (Å²) < 4.78 is 13.8. The van der Waals surface area contributed by atoms with Crippen molar-refractivity contribution in [2.24, 2.45) is 0 Å². The average Bonchev–Trinajstić information content (AvgIpc) is 2.98. The molecule has 0 saturated carbocycles. The first kappa shape index (κ1) is 23.4. The van der Waals surface area contributed by atoms with Crippen molar-refractivity contribution >= 4 is 34.9 Å². The number of carbonyl (C=O) groups excluding carboxylic acids is 3. The highest BCUT2D eigenvalue weighted by molar-refractivity contribution is 8.18. The van der Waals surface area contributed by atoms with Crippen LogP contribution in [0.15, 0.2) is 29.2 Å². The van der Waals surface area contributed by atoms with Crippen molar-refractivity contribution in [2.45, 2.75) is 38.8 Å². The molecule has 3 amide bonds. The predicted octanol–water partition coefficient (Wildman–Crippen LogP) is 2.44. The zero-order valence-corrected chi connectivity index (χ0v) is 18.7. The highest BCUT2D eigenvalue weighted by atomic mass is 32.2. The largest absolute Gasteiger partial charge is 0.353 e. The summed E-state index contributed by atoms with van der Waals surface area (Å²) in [5.41, 5.74) is 0.258. The monoisotopic (exact) mass is 448 g/mol. The first-order valence-electron chi connectivity index (χ1n) is 10.6. The lowest BCUT2D eigenvalue weighted by Crippen LogP contribution is -2.48. The molecule has 0 bridgehead atoms. The molecular formula is C22H29FN4O3S. The van der Waals surface area contributed by atoms with Crippen LogP contribution in [0.5, 0.6) is 0 Å². The Balaban J connectivity index is 1.42. The maximum absolute atomic E-state index is 13.8. The van der Waals surface area contributed by atoms with Crippen molar-refractivity contribution in [3.05, 3.63) is 40.6 Å². The van der Waals surface area contributed by atoms with E-state index in [1.54, 1.807) is 18.2 Å². The van der Waals surface area contributed by atoms with Crippen LogP contribution in [0, 0.1) is 5.82 Å². The highest BCUT2D eigenvalue weighted by Gasteiger charge is 2.34. The Morgan fingerprint density at radius 1 is 1.26 bits per heavy atom. The van der Waals surface area contributed by atoms with E-state index in [0.717, 1.165) is 42.6 Å². The number of benzene rings is 1. The molecule has 168 valence electrons. The molecule has 2 fully saturated rings. The Morgan fingerprint density at radius 2 is 1.97 bits per heavy atom. The summed E-state index contributed by atoms with van der Waals surface area (Å²) in [6.45, 7) is 6.58. The van der Waals surface area contributed by atoms with Crippen LogP contribution in [0.2, 0.25) is 0 Å². The van der Waals surface area contributed by atoms with Crippen molar-refractivity contribution in [3.8, 4) is 0 Å². The van der Waals surface area contributed by atoms with Crippen LogP contribution in [-0.2, 0) is 9.59 Å². The van der Waals surface area contributed by atoms with Gasteiger partial charge in [-0.1, -0.05) is 32.0 Å². The molecule has 0 spiro atoms. The molecule has 0 unspecified atom stereocenters. The molecule has 2 heterocycles. The van der Waals surface area contributed by atoms with E-state index < -0.39 is 17.0 Å². The van der Waals surface area contributed by atoms with Gasteiger partial charge in [-0.25, -0.2) is 4.39 Å². The summed E-state index contributed by atoms with van der Waals surface area (Å²) in [6, 6.07) is 7.02. The number of nitrogens with zero attached hydrogens (tertiary/aromatic N) is 2. The second kappa shape index (κ2) is 10.9. The van der Waals surface area contributed by atoms with Gasteiger partial charge in [0.1, 0.15) is 5.82 Å². The fourth-order valence-electron chi connectivity index (χ4n) is 3.72. The third kappa shape index (κ3) is 6.62. The summed E-state index contributed by atoms with van der Waals surface area (Å²) >= 11 is 0.782. The summed E-state index contributed by atoms with van der Waals surface area (Å²) in [7, 11) is 0. The molecule has 0 aromatic heterocycles. The quantitative estimate of drug-likeness (QED) is 0.595. The van der Waals surface area contributed by atoms with Crippen LogP contribution in [0.1, 0.15) is 32.3 Å². The molecule has 2 N–H and O–H groups in total. The zero-order valence-electron chi connectivity index (χ0n) is 17.9. The predicted molar refractivity (Wildman–Crippen MR) is 120 cm³/mol. The Morgan fingerprint density at radius 3 is 2.65 bits per heavy atom. The molecule has 3 rings (SSSR count). The Labute approximate surface area is 186 Å². The molecule has 31 heavy (non-hydrogen) atoms. The van der Waals surface area contributed by atoms with Crippen LogP contribution in [0.4, 0.5) is 9.18 Å². The maximum atomic E-state index is 13.8. The minimum Gasteiger partial charge on any atom is -0.353 e. The van der Waals surface area contributed by atoms with Crippen LogP contribution < -0.4 is 10.6 Å². The van der Waals surface area contributed by atoms with E-state index >= 15 is 0 Å². The molecule has 1 aromatic carbocycles. The number of carbonyl (C=O) groups is 3. The van der Waals surface area contributed by atoms with Crippen molar-refractivity contribution < 1.29 is 18.8 Å². The number of hydrogen-bond donors (Lipinski definition) is 2. The summed E-state index contributed by atoms with van der Waals surface area (Å²) in [4.78, 5) is 40.3. The zero-order chi connectivity index (χ0) is 22.4. The van der Waals surface area contributed by atoms with E-state index in [4.69, 9.17) is 0 Å². The number of piperidine rings is 1. The normalized spacial score (nSPS) is 19.6. The lowest BCUT2D eigenvalue weighted by molar-refractivity contribution is -0.125. The summed E-state index contributed by atoms with van der Waals surface area (Å²) in [5.74, 6) is -1.04. The minimum atomic E-state index is -0.466. The molecule has 2 aliphatic heterocycles. The number of rotatable bonds is 8. The van der Waals surface area contributed by atoms with E-state index in [-0.39, 0.29) is 29.5 Å². The highest BCUT2D eigenvalue weighted by Crippen LogP contribution is 2.32. The number of halogens is 1. The molecule has 0 aliphatic carbocycles. The van der Waals surface area contributed by atoms with Gasteiger partial charge >= 0.3 is 0 Å². The fourth-order valence-corrected chi connectivity index (χ4v) is 4.58. The van der Waals surface area contributed by atoms with Gasteiger partial charge in [-0.3, -0.25) is 24.2 Å². The second-order valence-electron chi connectivity index (χ2n) is 8.08. The van der Waals surface area contributed by atoms with Gasteiger partial charge in [-0.05, 0) is 36.7 Å². The molecule has 0 radical (unpaired) electrons. The van der Waals surface area contributed by atoms with Gasteiger partial charge < -0.3 is 10.6 Å². The van der Waals surface area contributed by atoms with E-state index in [9.17, 15) is 18.8 Å². The third-order valence-corrected chi connectivity index (χ3v) is 6.15. The van der Waals surface area contributed by atoms with Crippen LogP contribution >= 0.6 is 11.8 Å². The maximum Gasteiger partial charge on any atom is 0.293 e. The van der Waals surface area contributed by atoms with Crippen LogP contribution in [-0.4, -0.2) is 71.7 Å². The standard InChI is InChI=1S/C22H29FN4O3S/c1-15(2)25-17-7-10-26(11-8-17)14-20(28)24-9-12-27-21(29)19(31-22(27)30)13-16-5-3-4-6-18(16)23/h3-6,13,15,17,25H,7-12,14H2,1-2H3,(H,24,28)/b19-13-. The number of hydrogen-bond acceptors (Lipinski definition) is 6. The van der Waals surface area contributed by atoms with Gasteiger partial charge in [0.15, 0.2) is 0 Å². The summed E-state index contributed by atoms with van der Waals surface area (Å²) in [6.07, 6.45) is 3.41. The molecular weight excluding hydrogens is 419 g/mol. The van der Waals surface area contributed by atoms with E-state index in [2.05, 4.69) is 29.4 Å². The first-order valence-corrected chi connectivity index (χ1v) is 11.4. The van der Waals surface area contributed by atoms with E-state index in [0.29, 0.717) is 18.6 Å². The van der Waals surface area contributed by atoms with Crippen LogP contribution in [0.3, 0.4) is 0 Å². The number of likely N-dealkylation sites (tertiary alicyclic amines) is 1.